The molecule has 1 aromatic heterocycles. The Morgan fingerprint density at radius 3 is 2.86 bits per heavy atom. The fourth-order valence-corrected chi connectivity index (χ4v) is 3.93. The number of fused-ring (bicyclic) bond motifs is 1. The van der Waals surface area contributed by atoms with Gasteiger partial charge in [-0.1, -0.05) is 42.1 Å². The van der Waals surface area contributed by atoms with E-state index >= 15 is 0 Å². The number of para-hydroxylation sites is 2. The van der Waals surface area contributed by atoms with Crippen molar-refractivity contribution in [3.8, 4) is 11.5 Å². The topological polar surface area (TPSA) is 86.5 Å². The average molecular weight is 409 g/mol. The van der Waals surface area contributed by atoms with Gasteiger partial charge in [0, 0.05) is 12.3 Å². The Morgan fingerprint density at radius 2 is 2.07 bits per heavy atom. The lowest BCUT2D eigenvalue weighted by molar-refractivity contribution is 0.0696. The van der Waals surface area contributed by atoms with Gasteiger partial charge in [-0.05, 0) is 29.8 Å². The van der Waals surface area contributed by atoms with Gasteiger partial charge in [0.2, 0.25) is 0 Å². The van der Waals surface area contributed by atoms with Gasteiger partial charge in [0.25, 0.3) is 0 Å². The van der Waals surface area contributed by atoms with Gasteiger partial charge in [0.15, 0.2) is 28.6 Å². The van der Waals surface area contributed by atoms with Crippen LogP contribution in [0.15, 0.2) is 66.3 Å². The van der Waals surface area contributed by atoms with Crippen molar-refractivity contribution in [2.24, 2.45) is 0 Å². The highest BCUT2D eigenvalue weighted by Crippen LogP contribution is 2.36. The standard InChI is InChI=1S/C21H19N3O4S/c1-2-10-24-19(18-12-27-16-8-3-4-9-17(16)28-18)22-23-21(24)29-13-14-6-5-7-15(11-14)20(25)26/h2-9,11,18H,1,10,12-13H2,(H,25,26). The number of aromatic carboxylic acids is 1. The lowest BCUT2D eigenvalue weighted by atomic mass is 10.1. The van der Waals surface area contributed by atoms with E-state index in [2.05, 4.69) is 16.8 Å². The minimum atomic E-state index is -0.941. The second-order valence-electron chi connectivity index (χ2n) is 6.40. The maximum absolute atomic E-state index is 11.2. The molecule has 8 heteroatoms. The van der Waals surface area contributed by atoms with E-state index in [1.807, 2.05) is 34.9 Å². The van der Waals surface area contributed by atoms with Crippen LogP contribution in [0.1, 0.15) is 27.8 Å². The summed E-state index contributed by atoms with van der Waals surface area (Å²) in [6.45, 7) is 4.70. The van der Waals surface area contributed by atoms with Gasteiger partial charge in [0.05, 0.1) is 5.56 Å². The first-order valence-corrected chi connectivity index (χ1v) is 10.0. The zero-order valence-electron chi connectivity index (χ0n) is 15.5. The van der Waals surface area contributed by atoms with E-state index in [1.54, 1.807) is 24.3 Å². The Kier molecular flexibility index (Phi) is 5.53. The summed E-state index contributed by atoms with van der Waals surface area (Å²) >= 11 is 1.48. The number of aromatic nitrogens is 3. The summed E-state index contributed by atoms with van der Waals surface area (Å²) < 4.78 is 13.8. The zero-order valence-corrected chi connectivity index (χ0v) is 16.3. The first-order chi connectivity index (χ1) is 14.2. The number of carboxylic acid groups (broad SMARTS) is 1. The highest BCUT2D eigenvalue weighted by atomic mass is 32.2. The SMILES string of the molecule is C=CCn1c(SCc2cccc(C(=O)O)c2)nnc1C1COc2ccccc2O1. The van der Waals surface area contributed by atoms with Crippen LogP contribution in [0.3, 0.4) is 0 Å². The number of ether oxygens (including phenoxy) is 2. The van der Waals surface area contributed by atoms with Crippen LogP contribution in [0.5, 0.6) is 11.5 Å². The summed E-state index contributed by atoms with van der Waals surface area (Å²) in [6.07, 6.45) is 1.40. The van der Waals surface area contributed by atoms with Crippen molar-refractivity contribution >= 4 is 17.7 Å². The molecule has 0 bridgehead atoms. The van der Waals surface area contributed by atoms with E-state index in [1.165, 1.54) is 11.8 Å². The van der Waals surface area contributed by atoms with Crippen LogP contribution >= 0.6 is 11.8 Å². The molecule has 2 aromatic carbocycles. The van der Waals surface area contributed by atoms with Crippen LogP contribution in [-0.4, -0.2) is 32.4 Å². The molecule has 0 saturated heterocycles. The van der Waals surface area contributed by atoms with Gasteiger partial charge < -0.3 is 14.6 Å². The molecule has 1 unspecified atom stereocenters. The molecule has 3 aromatic rings. The molecule has 7 nitrogen and oxygen atoms in total. The number of thioether (sulfide) groups is 1. The van der Waals surface area contributed by atoms with Crippen LogP contribution in [0.4, 0.5) is 0 Å². The summed E-state index contributed by atoms with van der Waals surface area (Å²) in [5.41, 5.74) is 1.17. The molecular formula is C21H19N3O4S. The molecule has 1 atom stereocenters. The quantitative estimate of drug-likeness (QED) is 0.467. The van der Waals surface area contributed by atoms with Gasteiger partial charge in [0.1, 0.15) is 6.61 Å². The monoisotopic (exact) mass is 409 g/mol. The molecule has 0 aliphatic carbocycles. The molecule has 1 N–H and O–H groups in total. The molecule has 1 aliphatic heterocycles. The predicted molar refractivity (Wildman–Crippen MR) is 108 cm³/mol. The van der Waals surface area contributed by atoms with Crippen molar-refractivity contribution in [1.29, 1.82) is 0 Å². The number of benzene rings is 2. The molecule has 1 aliphatic rings. The number of carboxylic acids is 1. The fourth-order valence-electron chi connectivity index (χ4n) is 3.03. The van der Waals surface area contributed by atoms with Crippen molar-refractivity contribution in [1.82, 2.24) is 14.8 Å². The maximum atomic E-state index is 11.2. The molecule has 2 heterocycles. The van der Waals surface area contributed by atoms with Crippen molar-refractivity contribution in [2.75, 3.05) is 6.61 Å². The second kappa shape index (κ2) is 8.40. The predicted octanol–water partition coefficient (Wildman–Crippen LogP) is 3.97. The van der Waals surface area contributed by atoms with Crippen molar-refractivity contribution < 1.29 is 19.4 Å². The van der Waals surface area contributed by atoms with Crippen molar-refractivity contribution in [2.45, 2.75) is 23.6 Å². The lowest BCUT2D eigenvalue weighted by Gasteiger charge is -2.26. The van der Waals surface area contributed by atoms with Crippen LogP contribution in [0.2, 0.25) is 0 Å². The van der Waals surface area contributed by atoms with Crippen LogP contribution in [0, 0.1) is 0 Å². The van der Waals surface area contributed by atoms with Gasteiger partial charge in [-0.25, -0.2) is 4.79 Å². The summed E-state index contributed by atoms with van der Waals surface area (Å²) in [6, 6.07) is 14.4. The third-order valence-electron chi connectivity index (χ3n) is 4.40. The second-order valence-corrected chi connectivity index (χ2v) is 7.34. The molecule has 0 radical (unpaired) electrons. The maximum Gasteiger partial charge on any atom is 0.335 e. The summed E-state index contributed by atoms with van der Waals surface area (Å²) in [5, 5.41) is 18.5. The summed E-state index contributed by atoms with van der Waals surface area (Å²) in [7, 11) is 0. The van der Waals surface area contributed by atoms with Crippen molar-refractivity contribution in [3.63, 3.8) is 0 Å². The van der Waals surface area contributed by atoms with E-state index in [0.717, 1.165) is 5.56 Å². The summed E-state index contributed by atoms with van der Waals surface area (Å²) in [5.74, 6) is 1.69. The number of hydrogen-bond donors (Lipinski definition) is 1. The van der Waals surface area contributed by atoms with E-state index < -0.39 is 5.97 Å². The Morgan fingerprint density at radius 1 is 1.24 bits per heavy atom. The minimum Gasteiger partial charge on any atom is -0.485 e. The highest BCUT2D eigenvalue weighted by Gasteiger charge is 2.28. The molecule has 29 heavy (non-hydrogen) atoms. The molecule has 0 spiro atoms. The van der Waals surface area contributed by atoms with E-state index in [-0.39, 0.29) is 11.7 Å². The van der Waals surface area contributed by atoms with Gasteiger partial charge >= 0.3 is 5.97 Å². The van der Waals surface area contributed by atoms with E-state index in [0.29, 0.717) is 41.4 Å². The number of nitrogens with zero attached hydrogens (tertiary/aromatic N) is 3. The largest absolute Gasteiger partial charge is 0.485 e. The number of carbonyl (C=O) groups is 1. The number of rotatable bonds is 7. The average Bonchev–Trinajstić information content (AvgIpc) is 3.15. The minimum absolute atomic E-state index is 0.266. The van der Waals surface area contributed by atoms with Gasteiger partial charge in [-0.2, -0.15) is 0 Å². The normalized spacial score (nSPS) is 15.1. The molecule has 0 fully saturated rings. The zero-order chi connectivity index (χ0) is 20.2. The van der Waals surface area contributed by atoms with E-state index in [9.17, 15) is 4.79 Å². The number of hydrogen-bond acceptors (Lipinski definition) is 6. The fraction of sp³-hybridized carbons (Fsp3) is 0.190. The van der Waals surface area contributed by atoms with Gasteiger partial charge in [-0.3, -0.25) is 4.57 Å². The molecule has 4 rings (SSSR count). The third kappa shape index (κ3) is 4.12. The Hall–Kier alpha value is -3.26. The number of allylic oxidation sites excluding steroid dienone is 1. The van der Waals surface area contributed by atoms with Crippen LogP contribution in [0.25, 0.3) is 0 Å². The third-order valence-corrected chi connectivity index (χ3v) is 5.43. The molecule has 0 amide bonds. The first-order valence-electron chi connectivity index (χ1n) is 9.03. The van der Waals surface area contributed by atoms with Gasteiger partial charge in [-0.15, -0.1) is 16.8 Å². The van der Waals surface area contributed by atoms with E-state index in [4.69, 9.17) is 14.6 Å². The first kappa shape index (κ1) is 19.1. The van der Waals surface area contributed by atoms with Crippen LogP contribution < -0.4 is 9.47 Å². The molecular weight excluding hydrogens is 390 g/mol. The molecule has 148 valence electrons. The Balaban J connectivity index is 1.53. The Bertz CT molecular complexity index is 1050. The lowest BCUT2D eigenvalue weighted by Crippen LogP contribution is -2.25. The molecule has 0 saturated carbocycles. The van der Waals surface area contributed by atoms with Crippen molar-refractivity contribution in [3.05, 3.63) is 78.1 Å². The smallest absolute Gasteiger partial charge is 0.335 e. The Labute approximate surface area is 172 Å². The highest BCUT2D eigenvalue weighted by molar-refractivity contribution is 7.98. The summed E-state index contributed by atoms with van der Waals surface area (Å²) in [4.78, 5) is 11.2. The van der Waals surface area contributed by atoms with Crippen LogP contribution in [-0.2, 0) is 12.3 Å².